The molecule has 0 atom stereocenters. The largest absolute Gasteiger partial charge is 0.493 e. The Labute approximate surface area is 138 Å². The van der Waals surface area contributed by atoms with Crippen molar-refractivity contribution in [3.05, 3.63) is 69.6 Å². The number of aryl methyl sites for hydroxylation is 2. The molecule has 1 N–H and O–H groups in total. The second-order valence-corrected chi connectivity index (χ2v) is 5.60. The van der Waals surface area contributed by atoms with Crippen LogP contribution in [-0.2, 0) is 0 Å². The van der Waals surface area contributed by atoms with Crippen LogP contribution in [0.3, 0.4) is 0 Å². The van der Waals surface area contributed by atoms with Crippen molar-refractivity contribution in [3.63, 3.8) is 0 Å². The van der Waals surface area contributed by atoms with E-state index >= 15 is 0 Å². The lowest BCUT2D eigenvalue weighted by molar-refractivity contribution is 0.102. The smallest absolute Gasteiger partial charge is 0.349 e. The zero-order chi connectivity index (χ0) is 17.3. The Morgan fingerprint density at radius 1 is 1.12 bits per heavy atom. The molecule has 2 aromatic carbocycles. The lowest BCUT2D eigenvalue weighted by atomic mass is 10.1. The molecule has 1 amide bonds. The molecule has 1 heterocycles. The maximum absolute atomic E-state index is 12.5. The molecule has 0 unspecified atom stereocenters. The van der Waals surface area contributed by atoms with Crippen molar-refractivity contribution in [1.29, 1.82) is 0 Å². The Bertz CT molecular complexity index is 988. The highest BCUT2D eigenvalue weighted by Gasteiger charge is 2.16. The van der Waals surface area contributed by atoms with Crippen molar-refractivity contribution in [3.8, 4) is 5.75 Å². The Balaban J connectivity index is 2.01. The fourth-order valence-electron chi connectivity index (χ4n) is 2.58. The highest BCUT2D eigenvalue weighted by atomic mass is 16.5. The third-order valence-corrected chi connectivity index (χ3v) is 3.82. The number of carbonyl (C=O) groups excluding carboxylic acids is 1. The number of hydrogen-bond acceptors (Lipinski definition) is 4. The third kappa shape index (κ3) is 2.88. The molecule has 0 aliphatic rings. The van der Waals surface area contributed by atoms with Crippen LogP contribution in [0.5, 0.6) is 5.75 Å². The molecule has 0 saturated carbocycles. The molecular formula is C19H17NO4. The van der Waals surface area contributed by atoms with Crippen LogP contribution in [0.15, 0.2) is 51.7 Å². The topological polar surface area (TPSA) is 68.5 Å². The first-order chi connectivity index (χ1) is 11.5. The third-order valence-electron chi connectivity index (χ3n) is 3.82. The Morgan fingerprint density at radius 3 is 2.62 bits per heavy atom. The lowest BCUT2D eigenvalue weighted by Gasteiger charge is -2.09. The molecule has 1 aromatic heterocycles. The summed E-state index contributed by atoms with van der Waals surface area (Å²) in [7, 11) is 1.50. The van der Waals surface area contributed by atoms with Gasteiger partial charge in [0.15, 0.2) is 11.3 Å². The first-order valence-electron chi connectivity index (χ1n) is 7.49. The predicted molar refractivity (Wildman–Crippen MR) is 92.9 cm³/mol. The van der Waals surface area contributed by atoms with Gasteiger partial charge in [-0.05, 0) is 37.6 Å². The molecule has 0 saturated heterocycles. The summed E-state index contributed by atoms with van der Waals surface area (Å²) in [5.74, 6) is -0.0497. The summed E-state index contributed by atoms with van der Waals surface area (Å²) in [5, 5.41) is 3.38. The Kier molecular flexibility index (Phi) is 4.08. The molecule has 122 valence electrons. The summed E-state index contributed by atoms with van der Waals surface area (Å²) in [4.78, 5) is 24.7. The van der Waals surface area contributed by atoms with Gasteiger partial charge >= 0.3 is 5.63 Å². The van der Waals surface area contributed by atoms with Crippen molar-refractivity contribution < 1.29 is 13.9 Å². The second kappa shape index (κ2) is 6.20. The molecule has 0 fully saturated rings. The van der Waals surface area contributed by atoms with Gasteiger partial charge in [0.2, 0.25) is 0 Å². The summed E-state index contributed by atoms with van der Waals surface area (Å²) in [6.45, 7) is 3.88. The molecule has 3 aromatic rings. The number of methoxy groups -OCH3 is 1. The number of benzene rings is 2. The van der Waals surface area contributed by atoms with E-state index in [-0.39, 0.29) is 5.56 Å². The van der Waals surface area contributed by atoms with Crippen molar-refractivity contribution in [2.45, 2.75) is 13.8 Å². The maximum atomic E-state index is 12.5. The molecule has 5 nitrogen and oxygen atoms in total. The number of hydrogen-bond donors (Lipinski definition) is 1. The number of fused-ring (bicyclic) bond motifs is 1. The van der Waals surface area contributed by atoms with Gasteiger partial charge in [-0.3, -0.25) is 4.79 Å². The van der Waals surface area contributed by atoms with E-state index in [1.54, 1.807) is 18.2 Å². The van der Waals surface area contributed by atoms with Gasteiger partial charge in [-0.15, -0.1) is 0 Å². The number of ether oxygens (including phenoxy) is 1. The predicted octanol–water partition coefficient (Wildman–Crippen LogP) is 3.67. The quantitative estimate of drug-likeness (QED) is 0.747. The number of anilines is 1. The summed E-state index contributed by atoms with van der Waals surface area (Å²) >= 11 is 0. The van der Waals surface area contributed by atoms with Crippen LogP contribution in [0.4, 0.5) is 5.69 Å². The standard InChI is InChI=1S/C19H17NO4/c1-11-7-8-15(12(2)9-11)20-18(21)14-10-13-5-4-6-16(23-3)17(13)24-19(14)22/h4-10H,1-3H3,(H,20,21). The van der Waals surface area contributed by atoms with E-state index in [1.165, 1.54) is 13.2 Å². The molecular weight excluding hydrogens is 306 g/mol. The lowest BCUT2D eigenvalue weighted by Crippen LogP contribution is -2.21. The van der Waals surface area contributed by atoms with Crippen LogP contribution in [0.2, 0.25) is 0 Å². The molecule has 0 radical (unpaired) electrons. The van der Waals surface area contributed by atoms with E-state index in [9.17, 15) is 9.59 Å². The number of para-hydroxylation sites is 1. The van der Waals surface area contributed by atoms with Crippen LogP contribution in [0.25, 0.3) is 11.0 Å². The normalized spacial score (nSPS) is 10.6. The maximum Gasteiger partial charge on any atom is 0.349 e. The van der Waals surface area contributed by atoms with Crippen molar-refractivity contribution in [1.82, 2.24) is 0 Å². The number of carbonyl (C=O) groups is 1. The molecule has 0 aliphatic heterocycles. The van der Waals surface area contributed by atoms with Gasteiger partial charge in [-0.2, -0.15) is 0 Å². The number of amides is 1. The van der Waals surface area contributed by atoms with Gasteiger partial charge in [-0.25, -0.2) is 4.79 Å². The minimum Gasteiger partial charge on any atom is -0.493 e. The van der Waals surface area contributed by atoms with Crippen LogP contribution < -0.4 is 15.7 Å². The van der Waals surface area contributed by atoms with Crippen molar-refractivity contribution in [2.24, 2.45) is 0 Å². The minimum absolute atomic E-state index is 0.0456. The number of nitrogens with one attached hydrogen (secondary N) is 1. The van der Waals surface area contributed by atoms with Crippen LogP contribution in [0.1, 0.15) is 21.5 Å². The van der Waals surface area contributed by atoms with E-state index < -0.39 is 11.5 Å². The van der Waals surface area contributed by atoms with Crippen LogP contribution in [-0.4, -0.2) is 13.0 Å². The van der Waals surface area contributed by atoms with Gasteiger partial charge in [0, 0.05) is 11.1 Å². The van der Waals surface area contributed by atoms with Crippen molar-refractivity contribution >= 4 is 22.6 Å². The fraction of sp³-hybridized carbons (Fsp3) is 0.158. The summed E-state index contributed by atoms with van der Waals surface area (Å²) in [6, 6.07) is 12.4. The molecule has 24 heavy (non-hydrogen) atoms. The molecule has 0 aliphatic carbocycles. The first-order valence-corrected chi connectivity index (χ1v) is 7.49. The SMILES string of the molecule is COc1cccc2cc(C(=O)Nc3ccc(C)cc3C)c(=O)oc12. The summed E-state index contributed by atoms with van der Waals surface area (Å²) in [6.07, 6.45) is 0. The number of rotatable bonds is 3. The molecule has 5 heteroatoms. The minimum atomic E-state index is -0.700. The summed E-state index contributed by atoms with van der Waals surface area (Å²) < 4.78 is 10.5. The highest BCUT2D eigenvalue weighted by molar-refractivity contribution is 6.06. The monoisotopic (exact) mass is 323 g/mol. The zero-order valence-corrected chi connectivity index (χ0v) is 13.7. The molecule has 3 rings (SSSR count). The van der Waals surface area contributed by atoms with E-state index in [0.29, 0.717) is 22.4 Å². The Hall–Kier alpha value is -3.08. The van der Waals surface area contributed by atoms with Gasteiger partial charge < -0.3 is 14.5 Å². The van der Waals surface area contributed by atoms with E-state index in [1.807, 2.05) is 32.0 Å². The van der Waals surface area contributed by atoms with Crippen LogP contribution in [0, 0.1) is 13.8 Å². The highest BCUT2D eigenvalue weighted by Crippen LogP contribution is 2.25. The van der Waals surface area contributed by atoms with E-state index in [4.69, 9.17) is 9.15 Å². The van der Waals surface area contributed by atoms with Crippen LogP contribution >= 0.6 is 0 Å². The van der Waals surface area contributed by atoms with E-state index in [2.05, 4.69) is 5.32 Å². The summed E-state index contributed by atoms with van der Waals surface area (Å²) in [5.41, 5.74) is 2.27. The van der Waals surface area contributed by atoms with Gasteiger partial charge in [0.1, 0.15) is 5.56 Å². The molecule has 0 spiro atoms. The Morgan fingerprint density at radius 2 is 1.92 bits per heavy atom. The first kappa shape index (κ1) is 15.8. The van der Waals surface area contributed by atoms with Crippen molar-refractivity contribution in [2.75, 3.05) is 12.4 Å². The molecule has 0 bridgehead atoms. The average Bonchev–Trinajstić information content (AvgIpc) is 2.56. The average molecular weight is 323 g/mol. The van der Waals surface area contributed by atoms with E-state index in [0.717, 1.165) is 11.1 Å². The second-order valence-electron chi connectivity index (χ2n) is 5.60. The zero-order valence-electron chi connectivity index (χ0n) is 13.7. The van der Waals surface area contributed by atoms with Gasteiger partial charge in [0.05, 0.1) is 7.11 Å². The van der Waals surface area contributed by atoms with Gasteiger partial charge in [-0.1, -0.05) is 29.8 Å². The van der Waals surface area contributed by atoms with Gasteiger partial charge in [0.25, 0.3) is 5.91 Å². The fourth-order valence-corrected chi connectivity index (χ4v) is 2.58.